The molecule has 6 nitrogen and oxygen atoms in total. The number of amides is 1. The number of hydrogen-bond acceptors (Lipinski definition) is 5. The van der Waals surface area contributed by atoms with Gasteiger partial charge in [-0.05, 0) is 31.0 Å². The molecule has 4 aromatic rings. The van der Waals surface area contributed by atoms with Gasteiger partial charge in [-0.2, -0.15) is 0 Å². The van der Waals surface area contributed by atoms with Crippen LogP contribution in [0, 0.1) is 6.92 Å². The van der Waals surface area contributed by atoms with Gasteiger partial charge in [0.1, 0.15) is 4.83 Å². The number of nitrogens with zero attached hydrogens (tertiary/aromatic N) is 3. The summed E-state index contributed by atoms with van der Waals surface area (Å²) >= 11 is 1.25. The molecule has 1 aromatic carbocycles. The predicted molar refractivity (Wildman–Crippen MR) is 113 cm³/mol. The van der Waals surface area contributed by atoms with Gasteiger partial charge in [0.05, 0.1) is 27.8 Å². The van der Waals surface area contributed by atoms with Gasteiger partial charge in [-0.1, -0.05) is 31.5 Å². The molecule has 0 aliphatic carbocycles. The minimum absolute atomic E-state index is 0.0851. The van der Waals surface area contributed by atoms with E-state index in [-0.39, 0.29) is 11.5 Å². The average Bonchev–Trinajstić information content (AvgIpc) is 3.05. The Morgan fingerprint density at radius 1 is 1.21 bits per heavy atom. The van der Waals surface area contributed by atoms with Crippen LogP contribution >= 0.6 is 11.3 Å². The zero-order valence-corrected chi connectivity index (χ0v) is 16.5. The first-order valence-corrected chi connectivity index (χ1v) is 10.1. The standard InChI is InChI=1S/C21H20N4O2S/c1-3-4-11-25-12-23-20-16(21(25)27)13(2)18(28-20)19(26)24-15-9-5-7-14-8-6-10-22-17(14)15/h5-10,12H,3-4,11H2,1-2H3,(H,24,26). The van der Waals surface area contributed by atoms with E-state index >= 15 is 0 Å². The molecule has 3 aromatic heterocycles. The van der Waals surface area contributed by atoms with Gasteiger partial charge in [-0.3, -0.25) is 19.1 Å². The Balaban J connectivity index is 1.72. The van der Waals surface area contributed by atoms with Gasteiger partial charge in [-0.15, -0.1) is 11.3 Å². The molecule has 0 spiro atoms. The van der Waals surface area contributed by atoms with Crippen molar-refractivity contribution >= 4 is 44.1 Å². The molecule has 0 aliphatic rings. The zero-order valence-electron chi connectivity index (χ0n) is 15.7. The first-order chi connectivity index (χ1) is 13.6. The molecule has 0 bridgehead atoms. The van der Waals surface area contributed by atoms with Crippen LogP contribution in [-0.4, -0.2) is 20.4 Å². The highest BCUT2D eigenvalue weighted by Crippen LogP contribution is 2.28. The first kappa shape index (κ1) is 18.3. The quantitative estimate of drug-likeness (QED) is 0.547. The minimum atomic E-state index is -0.252. The summed E-state index contributed by atoms with van der Waals surface area (Å²) in [5.41, 5.74) is 1.97. The van der Waals surface area contributed by atoms with Crippen molar-refractivity contribution in [1.82, 2.24) is 14.5 Å². The lowest BCUT2D eigenvalue weighted by atomic mass is 10.1. The third kappa shape index (κ3) is 3.18. The predicted octanol–water partition coefficient (Wildman–Crippen LogP) is 4.37. The van der Waals surface area contributed by atoms with E-state index < -0.39 is 0 Å². The molecule has 142 valence electrons. The molecule has 1 amide bonds. The number of carbonyl (C=O) groups excluding carboxylic acids is 1. The molecule has 0 radical (unpaired) electrons. The smallest absolute Gasteiger partial charge is 0.266 e. The van der Waals surface area contributed by atoms with Crippen LogP contribution < -0.4 is 10.9 Å². The van der Waals surface area contributed by atoms with E-state index in [1.54, 1.807) is 17.1 Å². The highest BCUT2D eigenvalue weighted by Gasteiger charge is 2.20. The maximum Gasteiger partial charge on any atom is 0.266 e. The summed E-state index contributed by atoms with van der Waals surface area (Å²) in [7, 11) is 0. The van der Waals surface area contributed by atoms with Gasteiger partial charge < -0.3 is 5.32 Å². The van der Waals surface area contributed by atoms with Crippen molar-refractivity contribution < 1.29 is 4.79 Å². The Kier molecular flexibility index (Phi) is 4.92. The molecule has 0 unspecified atom stereocenters. The largest absolute Gasteiger partial charge is 0.319 e. The summed E-state index contributed by atoms with van der Waals surface area (Å²) in [6.07, 6.45) is 5.19. The van der Waals surface area contributed by atoms with Crippen molar-refractivity contribution in [2.45, 2.75) is 33.2 Å². The monoisotopic (exact) mass is 392 g/mol. The average molecular weight is 392 g/mol. The van der Waals surface area contributed by atoms with E-state index in [2.05, 4.69) is 22.2 Å². The van der Waals surface area contributed by atoms with Crippen molar-refractivity contribution in [3.63, 3.8) is 0 Å². The van der Waals surface area contributed by atoms with Gasteiger partial charge in [0.15, 0.2) is 0 Å². The van der Waals surface area contributed by atoms with Crippen molar-refractivity contribution in [1.29, 1.82) is 0 Å². The molecule has 4 rings (SSSR count). The van der Waals surface area contributed by atoms with E-state index in [0.29, 0.717) is 32.9 Å². The van der Waals surface area contributed by atoms with E-state index in [9.17, 15) is 9.59 Å². The fourth-order valence-corrected chi connectivity index (χ4v) is 4.28. The Morgan fingerprint density at radius 2 is 2.04 bits per heavy atom. The number of aryl methyl sites for hydroxylation is 2. The number of hydrogen-bond donors (Lipinski definition) is 1. The zero-order chi connectivity index (χ0) is 19.7. The number of pyridine rings is 1. The Morgan fingerprint density at radius 3 is 2.86 bits per heavy atom. The van der Waals surface area contributed by atoms with Crippen molar-refractivity contribution in [3.05, 3.63) is 63.7 Å². The molecule has 0 atom stereocenters. The molecular formula is C21H20N4O2S. The van der Waals surface area contributed by atoms with E-state index in [1.165, 1.54) is 11.3 Å². The van der Waals surface area contributed by atoms with E-state index in [4.69, 9.17) is 0 Å². The second kappa shape index (κ2) is 7.52. The third-order valence-electron chi connectivity index (χ3n) is 4.76. The Labute approximate surface area is 165 Å². The fourth-order valence-electron chi connectivity index (χ4n) is 3.25. The number of fused-ring (bicyclic) bond motifs is 2. The van der Waals surface area contributed by atoms with Gasteiger partial charge in [-0.25, -0.2) is 4.98 Å². The third-order valence-corrected chi connectivity index (χ3v) is 5.96. The summed E-state index contributed by atoms with van der Waals surface area (Å²) in [4.78, 5) is 35.6. The first-order valence-electron chi connectivity index (χ1n) is 9.23. The SMILES string of the molecule is CCCCn1cnc2sc(C(=O)Nc3cccc4cccnc34)c(C)c2c1=O. The molecule has 28 heavy (non-hydrogen) atoms. The molecule has 0 saturated heterocycles. The number of benzene rings is 1. The number of nitrogens with one attached hydrogen (secondary N) is 1. The number of anilines is 1. The summed E-state index contributed by atoms with van der Waals surface area (Å²) in [5.74, 6) is -0.252. The highest BCUT2D eigenvalue weighted by atomic mass is 32.1. The molecule has 0 saturated carbocycles. The normalized spacial score (nSPS) is 11.2. The second-order valence-corrected chi connectivity index (χ2v) is 7.67. The Bertz CT molecular complexity index is 1240. The van der Waals surface area contributed by atoms with Crippen molar-refractivity contribution in [3.8, 4) is 0 Å². The summed E-state index contributed by atoms with van der Waals surface area (Å²) in [6.45, 7) is 4.52. The second-order valence-electron chi connectivity index (χ2n) is 6.67. The number of para-hydroxylation sites is 1. The molecule has 0 aliphatic heterocycles. The minimum Gasteiger partial charge on any atom is -0.319 e. The van der Waals surface area contributed by atoms with Crippen LogP contribution in [0.15, 0.2) is 47.7 Å². The van der Waals surface area contributed by atoms with E-state index in [0.717, 1.165) is 23.7 Å². The maximum absolute atomic E-state index is 13.0. The number of unbranched alkanes of at least 4 members (excludes halogenated alkanes) is 1. The van der Waals surface area contributed by atoms with Crippen LogP contribution in [0.25, 0.3) is 21.1 Å². The molecular weight excluding hydrogens is 372 g/mol. The molecule has 0 fully saturated rings. The van der Waals surface area contributed by atoms with Crippen molar-refractivity contribution in [2.75, 3.05) is 5.32 Å². The summed E-state index contributed by atoms with van der Waals surface area (Å²) in [6, 6.07) is 9.47. The molecule has 3 heterocycles. The van der Waals surface area contributed by atoms with Crippen LogP contribution in [-0.2, 0) is 6.54 Å². The number of rotatable bonds is 5. The molecule has 7 heteroatoms. The molecule has 1 N–H and O–H groups in total. The lowest BCUT2D eigenvalue weighted by molar-refractivity contribution is 0.103. The summed E-state index contributed by atoms with van der Waals surface area (Å²) in [5, 5.41) is 4.43. The topological polar surface area (TPSA) is 76.9 Å². The van der Waals surface area contributed by atoms with Crippen molar-refractivity contribution in [2.24, 2.45) is 0 Å². The van der Waals surface area contributed by atoms with Crippen LogP contribution in [0.2, 0.25) is 0 Å². The fraction of sp³-hybridized carbons (Fsp3) is 0.238. The number of aromatic nitrogens is 3. The van der Waals surface area contributed by atoms with Gasteiger partial charge in [0.25, 0.3) is 11.5 Å². The number of thiophene rings is 1. The van der Waals surface area contributed by atoms with Crippen LogP contribution in [0.3, 0.4) is 0 Å². The lowest BCUT2D eigenvalue weighted by Gasteiger charge is -2.07. The van der Waals surface area contributed by atoms with Crippen LogP contribution in [0.5, 0.6) is 0 Å². The van der Waals surface area contributed by atoms with Gasteiger partial charge in [0, 0.05) is 18.1 Å². The number of carbonyl (C=O) groups is 1. The van der Waals surface area contributed by atoms with Gasteiger partial charge in [0.2, 0.25) is 0 Å². The van der Waals surface area contributed by atoms with Crippen LogP contribution in [0.1, 0.15) is 35.0 Å². The van der Waals surface area contributed by atoms with Gasteiger partial charge >= 0.3 is 0 Å². The van der Waals surface area contributed by atoms with Crippen LogP contribution in [0.4, 0.5) is 5.69 Å². The lowest BCUT2D eigenvalue weighted by Crippen LogP contribution is -2.20. The summed E-state index contributed by atoms with van der Waals surface area (Å²) < 4.78 is 1.63. The Hall–Kier alpha value is -3.06. The van der Waals surface area contributed by atoms with E-state index in [1.807, 2.05) is 37.3 Å². The maximum atomic E-state index is 13.0. The highest BCUT2D eigenvalue weighted by molar-refractivity contribution is 7.20.